The van der Waals surface area contributed by atoms with Crippen LogP contribution < -0.4 is 9.47 Å². The van der Waals surface area contributed by atoms with Crippen molar-refractivity contribution in [1.82, 2.24) is 0 Å². The van der Waals surface area contributed by atoms with Gasteiger partial charge in [0.25, 0.3) is 0 Å². The van der Waals surface area contributed by atoms with Gasteiger partial charge in [-0.2, -0.15) is 0 Å². The third-order valence-electron chi connectivity index (χ3n) is 3.42. The standard InChI is InChI=1S/C20H14O6/c21-15-7-3-5-13(11-15)19(23)25-17-9-1-2-10-18(17)26-20(24)14-6-4-8-16(22)12-14/h1-12,21-22H. The van der Waals surface area contributed by atoms with E-state index < -0.39 is 11.9 Å². The van der Waals surface area contributed by atoms with Crippen LogP contribution in [0.1, 0.15) is 20.7 Å². The summed E-state index contributed by atoms with van der Waals surface area (Å²) in [6.07, 6.45) is 0. The van der Waals surface area contributed by atoms with Crippen LogP contribution in [0.5, 0.6) is 23.0 Å². The summed E-state index contributed by atoms with van der Waals surface area (Å²) >= 11 is 0. The summed E-state index contributed by atoms with van der Waals surface area (Å²) in [7, 11) is 0. The number of carbonyl (C=O) groups excluding carboxylic acids is 2. The van der Waals surface area contributed by atoms with Crippen molar-refractivity contribution in [3.8, 4) is 23.0 Å². The number of aromatic hydroxyl groups is 2. The fourth-order valence-electron chi connectivity index (χ4n) is 2.20. The van der Waals surface area contributed by atoms with Crippen LogP contribution in [0.2, 0.25) is 0 Å². The van der Waals surface area contributed by atoms with E-state index in [0.29, 0.717) is 0 Å². The molecule has 0 heterocycles. The monoisotopic (exact) mass is 350 g/mol. The van der Waals surface area contributed by atoms with Crippen LogP contribution in [0, 0.1) is 0 Å². The van der Waals surface area contributed by atoms with Crippen molar-refractivity contribution in [2.24, 2.45) is 0 Å². The lowest BCUT2D eigenvalue weighted by molar-refractivity contribution is 0.0682. The molecule has 3 rings (SSSR count). The van der Waals surface area contributed by atoms with Crippen molar-refractivity contribution in [3.05, 3.63) is 83.9 Å². The number of rotatable bonds is 4. The zero-order valence-corrected chi connectivity index (χ0v) is 13.5. The molecule has 26 heavy (non-hydrogen) atoms. The van der Waals surface area contributed by atoms with Crippen LogP contribution in [0.25, 0.3) is 0 Å². The molecule has 0 aliphatic rings. The van der Waals surface area contributed by atoms with Crippen molar-refractivity contribution in [1.29, 1.82) is 0 Å². The van der Waals surface area contributed by atoms with Crippen LogP contribution in [0.4, 0.5) is 0 Å². The highest BCUT2D eigenvalue weighted by Crippen LogP contribution is 2.28. The first kappa shape index (κ1) is 17.0. The van der Waals surface area contributed by atoms with Crippen LogP contribution in [0.3, 0.4) is 0 Å². The number of ether oxygens (including phenoxy) is 2. The lowest BCUT2D eigenvalue weighted by atomic mass is 10.2. The van der Waals surface area contributed by atoms with E-state index in [0.717, 1.165) is 0 Å². The number of benzene rings is 3. The Morgan fingerprint density at radius 3 is 1.42 bits per heavy atom. The number of phenols is 2. The lowest BCUT2D eigenvalue weighted by Crippen LogP contribution is -2.12. The van der Waals surface area contributed by atoms with Crippen LogP contribution in [-0.4, -0.2) is 22.2 Å². The highest BCUT2D eigenvalue weighted by atomic mass is 16.6. The Balaban J connectivity index is 1.80. The van der Waals surface area contributed by atoms with Gasteiger partial charge in [0.2, 0.25) is 0 Å². The maximum Gasteiger partial charge on any atom is 0.343 e. The smallest absolute Gasteiger partial charge is 0.343 e. The average molecular weight is 350 g/mol. The molecule has 0 saturated carbocycles. The molecule has 0 radical (unpaired) electrons. The second-order valence-electron chi connectivity index (χ2n) is 5.33. The Kier molecular flexibility index (Phi) is 4.85. The number of hydrogen-bond donors (Lipinski definition) is 2. The SMILES string of the molecule is O=C(Oc1ccccc1OC(=O)c1cccc(O)c1)c1cccc(O)c1. The van der Waals surface area contributed by atoms with E-state index in [4.69, 9.17) is 9.47 Å². The van der Waals surface area contributed by atoms with Gasteiger partial charge in [-0.25, -0.2) is 9.59 Å². The molecule has 0 aromatic heterocycles. The summed E-state index contributed by atoms with van der Waals surface area (Å²) in [6, 6.07) is 17.6. The fraction of sp³-hybridized carbons (Fsp3) is 0. The fourth-order valence-corrected chi connectivity index (χ4v) is 2.20. The third kappa shape index (κ3) is 3.99. The van der Waals surface area contributed by atoms with E-state index in [-0.39, 0.29) is 34.1 Å². The van der Waals surface area contributed by atoms with Crippen LogP contribution in [0.15, 0.2) is 72.8 Å². The lowest BCUT2D eigenvalue weighted by Gasteiger charge is -2.10. The number of carbonyl (C=O) groups is 2. The molecule has 130 valence electrons. The molecule has 3 aromatic carbocycles. The van der Waals surface area contributed by atoms with Crippen molar-refractivity contribution >= 4 is 11.9 Å². The Morgan fingerprint density at radius 2 is 1.04 bits per heavy atom. The minimum absolute atomic E-state index is 0.0503. The van der Waals surface area contributed by atoms with Gasteiger partial charge < -0.3 is 19.7 Å². The molecule has 0 saturated heterocycles. The van der Waals surface area contributed by atoms with Crippen LogP contribution >= 0.6 is 0 Å². The maximum atomic E-state index is 12.2. The largest absolute Gasteiger partial charge is 0.508 e. The number of phenolic OH excluding ortho intramolecular Hbond substituents is 2. The van der Waals surface area contributed by atoms with Crippen molar-refractivity contribution in [2.75, 3.05) is 0 Å². The summed E-state index contributed by atoms with van der Waals surface area (Å²) in [4.78, 5) is 24.4. The molecule has 0 spiro atoms. The first-order valence-corrected chi connectivity index (χ1v) is 7.64. The summed E-state index contributed by atoms with van der Waals surface area (Å²) in [5.41, 5.74) is 0.304. The topological polar surface area (TPSA) is 93.1 Å². The molecule has 0 fully saturated rings. The quantitative estimate of drug-likeness (QED) is 0.552. The average Bonchev–Trinajstić information content (AvgIpc) is 2.63. The maximum absolute atomic E-state index is 12.2. The van der Waals surface area contributed by atoms with Crippen LogP contribution in [-0.2, 0) is 0 Å². The summed E-state index contributed by atoms with van der Waals surface area (Å²) in [5.74, 6) is -1.45. The molecule has 0 bridgehead atoms. The zero-order chi connectivity index (χ0) is 18.5. The second-order valence-corrected chi connectivity index (χ2v) is 5.33. The van der Waals surface area contributed by atoms with Crippen molar-refractivity contribution in [3.63, 3.8) is 0 Å². The predicted molar refractivity (Wildman–Crippen MR) is 92.6 cm³/mol. The molecular formula is C20H14O6. The summed E-state index contributed by atoms with van der Waals surface area (Å²) in [6.45, 7) is 0. The van der Waals surface area contributed by atoms with Gasteiger partial charge in [-0.15, -0.1) is 0 Å². The van der Waals surface area contributed by atoms with Gasteiger partial charge in [-0.3, -0.25) is 0 Å². The predicted octanol–water partition coefficient (Wildman–Crippen LogP) is 3.54. The number of para-hydroxylation sites is 2. The van der Waals surface area contributed by atoms with E-state index in [1.807, 2.05) is 0 Å². The highest BCUT2D eigenvalue weighted by Gasteiger charge is 2.16. The number of hydrogen-bond acceptors (Lipinski definition) is 6. The number of esters is 2. The van der Waals surface area contributed by atoms with Gasteiger partial charge in [0.1, 0.15) is 11.5 Å². The van der Waals surface area contributed by atoms with E-state index in [2.05, 4.69) is 0 Å². The van der Waals surface area contributed by atoms with Gasteiger partial charge in [0, 0.05) is 0 Å². The minimum Gasteiger partial charge on any atom is -0.508 e. The Morgan fingerprint density at radius 1 is 0.615 bits per heavy atom. The Hall–Kier alpha value is -3.80. The molecule has 2 N–H and O–H groups in total. The van der Waals surface area contributed by atoms with E-state index in [9.17, 15) is 19.8 Å². The van der Waals surface area contributed by atoms with E-state index >= 15 is 0 Å². The van der Waals surface area contributed by atoms with Crippen molar-refractivity contribution in [2.45, 2.75) is 0 Å². The van der Waals surface area contributed by atoms with Crippen molar-refractivity contribution < 1.29 is 29.3 Å². The van der Waals surface area contributed by atoms with E-state index in [1.54, 1.807) is 12.1 Å². The second kappa shape index (κ2) is 7.40. The summed E-state index contributed by atoms with van der Waals surface area (Å²) < 4.78 is 10.5. The van der Waals surface area contributed by atoms with Gasteiger partial charge in [0.15, 0.2) is 11.5 Å². The third-order valence-corrected chi connectivity index (χ3v) is 3.42. The zero-order valence-electron chi connectivity index (χ0n) is 13.5. The Labute approximate surface area is 148 Å². The molecule has 3 aromatic rings. The minimum atomic E-state index is -0.707. The summed E-state index contributed by atoms with van der Waals surface area (Å²) in [5, 5.41) is 18.9. The molecule has 6 nitrogen and oxygen atoms in total. The highest BCUT2D eigenvalue weighted by molar-refractivity contribution is 5.93. The first-order valence-electron chi connectivity index (χ1n) is 7.64. The Bertz CT molecular complexity index is 885. The molecular weight excluding hydrogens is 336 g/mol. The first-order chi connectivity index (χ1) is 12.5. The molecule has 0 unspecified atom stereocenters. The van der Waals surface area contributed by atoms with Gasteiger partial charge in [-0.1, -0.05) is 24.3 Å². The molecule has 0 aliphatic heterocycles. The molecule has 0 amide bonds. The van der Waals surface area contributed by atoms with Gasteiger partial charge in [-0.05, 0) is 48.5 Å². The normalized spacial score (nSPS) is 10.2. The van der Waals surface area contributed by atoms with E-state index in [1.165, 1.54) is 60.7 Å². The molecule has 0 atom stereocenters. The van der Waals surface area contributed by atoms with Gasteiger partial charge in [0.05, 0.1) is 11.1 Å². The molecule has 6 heteroatoms. The van der Waals surface area contributed by atoms with Gasteiger partial charge >= 0.3 is 11.9 Å². The molecule has 0 aliphatic carbocycles.